The molecule has 0 radical (unpaired) electrons. The van der Waals surface area contributed by atoms with E-state index in [0.29, 0.717) is 19.6 Å². The molecule has 6 heteroatoms. The number of amides is 2. The summed E-state index contributed by atoms with van der Waals surface area (Å²) >= 11 is 0. The summed E-state index contributed by atoms with van der Waals surface area (Å²) < 4.78 is 5.23. The summed E-state index contributed by atoms with van der Waals surface area (Å²) in [6, 6.07) is -0.686. The highest BCUT2D eigenvalue weighted by Gasteiger charge is 2.30. The Balaban J connectivity index is 2.46. The fraction of sp³-hybridized carbons (Fsp3) is 0.857. The second-order valence-electron chi connectivity index (χ2n) is 5.37. The Hall–Kier alpha value is -1.30. The topological polar surface area (TPSA) is 87.7 Å². The summed E-state index contributed by atoms with van der Waals surface area (Å²) in [6.45, 7) is 4.82. The monoisotopic (exact) mass is 286 g/mol. The lowest BCUT2D eigenvalue weighted by Gasteiger charge is -2.24. The van der Waals surface area contributed by atoms with Crippen LogP contribution in [0.5, 0.6) is 0 Å². The predicted octanol–water partition coefficient (Wildman–Crippen LogP) is 1.74. The van der Waals surface area contributed by atoms with Gasteiger partial charge in [-0.3, -0.25) is 4.79 Å². The van der Waals surface area contributed by atoms with Crippen LogP contribution < -0.4 is 10.6 Å². The van der Waals surface area contributed by atoms with Gasteiger partial charge in [0.25, 0.3) is 0 Å². The van der Waals surface area contributed by atoms with Gasteiger partial charge < -0.3 is 20.5 Å². The standard InChI is InChI=1S/C14H26N2O4/c1-3-20-9-10(2)15-14(19)16-12-8-6-4-5-7-11(12)13(17)18/h10-12H,3-9H2,1-2H3,(H,17,18)(H2,15,16,19). The Morgan fingerprint density at radius 2 is 2.00 bits per heavy atom. The number of urea groups is 1. The number of nitrogens with one attached hydrogen (secondary N) is 2. The average Bonchev–Trinajstić information content (AvgIpc) is 2.61. The van der Waals surface area contributed by atoms with Gasteiger partial charge in [-0.2, -0.15) is 0 Å². The second-order valence-corrected chi connectivity index (χ2v) is 5.37. The highest BCUT2D eigenvalue weighted by molar-refractivity contribution is 5.77. The zero-order chi connectivity index (χ0) is 15.0. The van der Waals surface area contributed by atoms with Crippen molar-refractivity contribution in [1.82, 2.24) is 10.6 Å². The van der Waals surface area contributed by atoms with E-state index >= 15 is 0 Å². The minimum absolute atomic E-state index is 0.0935. The van der Waals surface area contributed by atoms with Crippen LogP contribution in [0.2, 0.25) is 0 Å². The van der Waals surface area contributed by atoms with E-state index in [0.717, 1.165) is 25.7 Å². The van der Waals surface area contributed by atoms with E-state index in [2.05, 4.69) is 10.6 Å². The molecule has 0 aromatic carbocycles. The lowest BCUT2D eigenvalue weighted by Crippen LogP contribution is -2.50. The maximum Gasteiger partial charge on any atom is 0.315 e. The van der Waals surface area contributed by atoms with Gasteiger partial charge in [-0.1, -0.05) is 19.3 Å². The third kappa shape index (κ3) is 5.77. The molecule has 20 heavy (non-hydrogen) atoms. The van der Waals surface area contributed by atoms with Gasteiger partial charge in [-0.15, -0.1) is 0 Å². The number of carboxylic acid groups (broad SMARTS) is 1. The normalized spacial score (nSPS) is 24.5. The molecule has 116 valence electrons. The Kier molecular flexibility index (Phi) is 7.36. The molecule has 0 spiro atoms. The number of rotatable bonds is 6. The SMILES string of the molecule is CCOCC(C)NC(=O)NC1CCCCCC1C(=O)O. The van der Waals surface area contributed by atoms with Crippen molar-refractivity contribution in [1.29, 1.82) is 0 Å². The molecule has 3 atom stereocenters. The Morgan fingerprint density at radius 1 is 1.30 bits per heavy atom. The third-order valence-electron chi connectivity index (χ3n) is 3.60. The highest BCUT2D eigenvalue weighted by atomic mass is 16.5. The molecule has 0 bridgehead atoms. The van der Waals surface area contributed by atoms with Crippen molar-refractivity contribution in [3.8, 4) is 0 Å². The van der Waals surface area contributed by atoms with Gasteiger partial charge >= 0.3 is 12.0 Å². The van der Waals surface area contributed by atoms with Crippen LogP contribution >= 0.6 is 0 Å². The number of ether oxygens (including phenoxy) is 1. The Morgan fingerprint density at radius 3 is 2.65 bits per heavy atom. The first-order valence-corrected chi connectivity index (χ1v) is 7.42. The first-order valence-electron chi connectivity index (χ1n) is 7.42. The van der Waals surface area contributed by atoms with Crippen LogP contribution in [0, 0.1) is 5.92 Å². The van der Waals surface area contributed by atoms with E-state index in [-0.39, 0.29) is 18.1 Å². The van der Waals surface area contributed by atoms with E-state index in [1.54, 1.807) is 0 Å². The van der Waals surface area contributed by atoms with Crippen LogP contribution in [0.4, 0.5) is 4.79 Å². The van der Waals surface area contributed by atoms with Gasteiger partial charge in [-0.25, -0.2) is 4.79 Å². The molecule has 1 aliphatic rings. The number of carbonyl (C=O) groups is 2. The van der Waals surface area contributed by atoms with Crippen LogP contribution in [-0.2, 0) is 9.53 Å². The first kappa shape index (κ1) is 16.8. The van der Waals surface area contributed by atoms with Crippen LogP contribution in [0.3, 0.4) is 0 Å². The fourth-order valence-corrected chi connectivity index (χ4v) is 2.55. The molecule has 6 nitrogen and oxygen atoms in total. The maximum atomic E-state index is 11.9. The van der Waals surface area contributed by atoms with E-state index in [9.17, 15) is 14.7 Å². The van der Waals surface area contributed by atoms with E-state index in [1.165, 1.54) is 0 Å². The number of aliphatic carboxylic acids is 1. The van der Waals surface area contributed by atoms with Crippen molar-refractivity contribution >= 4 is 12.0 Å². The summed E-state index contributed by atoms with van der Waals surface area (Å²) in [5, 5.41) is 14.8. The summed E-state index contributed by atoms with van der Waals surface area (Å²) in [6.07, 6.45) is 4.27. The second kappa shape index (κ2) is 8.79. The van der Waals surface area contributed by atoms with Gasteiger partial charge in [0.1, 0.15) is 0 Å². The average molecular weight is 286 g/mol. The van der Waals surface area contributed by atoms with Crippen LogP contribution in [0.25, 0.3) is 0 Å². The zero-order valence-corrected chi connectivity index (χ0v) is 12.4. The van der Waals surface area contributed by atoms with E-state index in [4.69, 9.17) is 4.74 Å². The number of hydrogen-bond acceptors (Lipinski definition) is 3. The number of carbonyl (C=O) groups excluding carboxylic acids is 1. The highest BCUT2D eigenvalue weighted by Crippen LogP contribution is 2.23. The molecular formula is C14H26N2O4. The quantitative estimate of drug-likeness (QED) is 0.649. The smallest absolute Gasteiger partial charge is 0.315 e. The summed E-state index contributed by atoms with van der Waals surface area (Å²) in [5.41, 5.74) is 0. The molecule has 1 fully saturated rings. The van der Waals surface area contributed by atoms with Crippen molar-refractivity contribution in [2.75, 3.05) is 13.2 Å². The van der Waals surface area contributed by atoms with Crippen LogP contribution in [0.1, 0.15) is 46.0 Å². The van der Waals surface area contributed by atoms with Crippen molar-refractivity contribution in [2.24, 2.45) is 5.92 Å². The van der Waals surface area contributed by atoms with Gasteiger partial charge in [-0.05, 0) is 26.7 Å². The maximum absolute atomic E-state index is 11.9. The first-order chi connectivity index (χ1) is 9.54. The Bertz CT molecular complexity index is 322. The zero-order valence-electron chi connectivity index (χ0n) is 12.4. The molecule has 3 unspecified atom stereocenters. The van der Waals surface area contributed by atoms with Gasteiger partial charge in [0.2, 0.25) is 0 Å². The molecule has 3 N–H and O–H groups in total. The van der Waals surface area contributed by atoms with E-state index < -0.39 is 11.9 Å². The predicted molar refractivity (Wildman–Crippen MR) is 75.6 cm³/mol. The molecule has 0 aromatic rings. The van der Waals surface area contributed by atoms with Crippen LogP contribution in [0.15, 0.2) is 0 Å². The van der Waals surface area contributed by atoms with Gasteiger partial charge in [0, 0.05) is 12.6 Å². The summed E-state index contributed by atoms with van der Waals surface area (Å²) in [4.78, 5) is 23.2. The molecule has 0 saturated heterocycles. The molecule has 1 rings (SSSR count). The summed E-state index contributed by atoms with van der Waals surface area (Å²) in [7, 11) is 0. The minimum Gasteiger partial charge on any atom is -0.481 e. The van der Waals surface area contributed by atoms with Crippen molar-refractivity contribution in [3.05, 3.63) is 0 Å². The number of hydrogen-bond donors (Lipinski definition) is 3. The molecule has 0 aliphatic heterocycles. The lowest BCUT2D eigenvalue weighted by atomic mass is 9.95. The molecule has 2 amide bonds. The number of carboxylic acids is 1. The Labute approximate surface area is 120 Å². The third-order valence-corrected chi connectivity index (χ3v) is 3.60. The lowest BCUT2D eigenvalue weighted by molar-refractivity contribution is -0.142. The molecule has 0 aromatic heterocycles. The fourth-order valence-electron chi connectivity index (χ4n) is 2.55. The molecular weight excluding hydrogens is 260 g/mol. The largest absolute Gasteiger partial charge is 0.481 e. The van der Waals surface area contributed by atoms with E-state index in [1.807, 2.05) is 13.8 Å². The molecule has 1 saturated carbocycles. The van der Waals surface area contributed by atoms with Crippen molar-refractivity contribution in [3.63, 3.8) is 0 Å². The molecule has 0 heterocycles. The minimum atomic E-state index is -0.820. The van der Waals surface area contributed by atoms with Gasteiger partial charge in [0.15, 0.2) is 0 Å². The molecule has 1 aliphatic carbocycles. The summed E-state index contributed by atoms with van der Waals surface area (Å²) in [5.74, 6) is -1.30. The van der Waals surface area contributed by atoms with Crippen molar-refractivity contribution in [2.45, 2.75) is 58.0 Å². The van der Waals surface area contributed by atoms with Gasteiger partial charge in [0.05, 0.1) is 18.6 Å². The van der Waals surface area contributed by atoms with Crippen LogP contribution in [-0.4, -0.2) is 42.4 Å². The van der Waals surface area contributed by atoms with Crippen molar-refractivity contribution < 1.29 is 19.4 Å².